The van der Waals surface area contributed by atoms with E-state index in [1.807, 2.05) is 0 Å². The average Bonchev–Trinajstić information content (AvgIpc) is 2.62. The molecule has 1 aromatic heterocycles. The van der Waals surface area contributed by atoms with Crippen LogP contribution in [0, 0.1) is 0 Å². The van der Waals surface area contributed by atoms with Crippen molar-refractivity contribution in [3.8, 4) is 0 Å². The Bertz CT molecular complexity index is 519. The minimum absolute atomic E-state index is 0.195. The van der Waals surface area contributed by atoms with Crippen LogP contribution < -0.4 is 21.7 Å². The molecule has 1 saturated heterocycles. The molecule has 7 heteroatoms. The zero-order chi connectivity index (χ0) is 14.7. The van der Waals surface area contributed by atoms with Crippen LogP contribution in [-0.4, -0.2) is 32.0 Å². The number of thiophene rings is 1. The van der Waals surface area contributed by atoms with Gasteiger partial charge in [-0.3, -0.25) is 9.59 Å². The quantitative estimate of drug-likeness (QED) is 0.779. The monoisotopic (exact) mass is 296 g/mol. The van der Waals surface area contributed by atoms with E-state index in [1.54, 1.807) is 0 Å². The summed E-state index contributed by atoms with van der Waals surface area (Å²) in [4.78, 5) is 26.0. The van der Waals surface area contributed by atoms with Gasteiger partial charge in [0.1, 0.15) is 9.88 Å². The maximum absolute atomic E-state index is 11.8. The third-order valence-electron chi connectivity index (χ3n) is 3.50. The number of nitrogens with two attached hydrogens (primary N) is 2. The fraction of sp³-hybridized carbons (Fsp3) is 0.538. The minimum Gasteiger partial charge on any atom is -0.397 e. The van der Waals surface area contributed by atoms with Gasteiger partial charge < -0.3 is 21.7 Å². The standard InChI is InChI=1S/C13H20N4O2S/c1-16-12(19)10-9(14)8(11(15)18)13(20-10)17-6-4-2-3-5-7-17/h2-7,14H2,1H3,(H2,15,18)(H,16,19). The molecule has 6 nitrogen and oxygen atoms in total. The third kappa shape index (κ3) is 2.72. The summed E-state index contributed by atoms with van der Waals surface area (Å²) in [5.41, 5.74) is 11.9. The van der Waals surface area contributed by atoms with Crippen molar-refractivity contribution in [1.29, 1.82) is 0 Å². The highest BCUT2D eigenvalue weighted by Gasteiger charge is 2.27. The summed E-state index contributed by atoms with van der Waals surface area (Å²) in [7, 11) is 1.54. The Balaban J connectivity index is 2.44. The highest BCUT2D eigenvalue weighted by atomic mass is 32.1. The molecule has 2 rings (SSSR count). The first-order valence-corrected chi connectivity index (χ1v) is 7.57. The molecule has 0 saturated carbocycles. The summed E-state index contributed by atoms with van der Waals surface area (Å²) < 4.78 is 0. The van der Waals surface area contributed by atoms with Crippen LogP contribution in [0.1, 0.15) is 45.7 Å². The summed E-state index contributed by atoms with van der Waals surface area (Å²) >= 11 is 1.25. The lowest BCUT2D eigenvalue weighted by Crippen LogP contribution is -2.26. The van der Waals surface area contributed by atoms with Gasteiger partial charge in [-0.1, -0.05) is 12.8 Å². The lowest BCUT2D eigenvalue weighted by atomic mass is 10.2. The van der Waals surface area contributed by atoms with Crippen molar-refractivity contribution in [2.45, 2.75) is 25.7 Å². The van der Waals surface area contributed by atoms with Crippen LogP contribution in [0.3, 0.4) is 0 Å². The summed E-state index contributed by atoms with van der Waals surface area (Å²) in [6, 6.07) is 0. The van der Waals surface area contributed by atoms with Crippen LogP contribution >= 0.6 is 11.3 Å². The maximum atomic E-state index is 11.8. The normalized spacial score (nSPS) is 15.8. The largest absolute Gasteiger partial charge is 0.397 e. The van der Waals surface area contributed by atoms with E-state index in [4.69, 9.17) is 11.5 Å². The number of primary amides is 1. The maximum Gasteiger partial charge on any atom is 0.263 e. The van der Waals surface area contributed by atoms with Gasteiger partial charge in [0, 0.05) is 20.1 Å². The van der Waals surface area contributed by atoms with Crippen LogP contribution in [0.15, 0.2) is 0 Å². The predicted molar refractivity (Wildman–Crippen MR) is 81.3 cm³/mol. The fourth-order valence-electron chi connectivity index (χ4n) is 2.45. The molecule has 0 aliphatic carbocycles. The summed E-state index contributed by atoms with van der Waals surface area (Å²) in [6.45, 7) is 1.74. The molecule has 1 aliphatic heterocycles. The number of nitrogens with zero attached hydrogens (tertiary/aromatic N) is 1. The molecule has 1 aliphatic rings. The van der Waals surface area contributed by atoms with Crippen molar-refractivity contribution in [2.75, 3.05) is 30.8 Å². The van der Waals surface area contributed by atoms with E-state index < -0.39 is 5.91 Å². The van der Waals surface area contributed by atoms with E-state index in [-0.39, 0.29) is 17.2 Å². The number of carbonyl (C=O) groups excluding carboxylic acids is 2. The first kappa shape index (κ1) is 14.6. The van der Waals surface area contributed by atoms with Crippen LogP contribution in [0.5, 0.6) is 0 Å². The van der Waals surface area contributed by atoms with Gasteiger partial charge in [-0.05, 0) is 12.8 Å². The Morgan fingerprint density at radius 2 is 1.80 bits per heavy atom. The molecule has 0 spiro atoms. The Morgan fingerprint density at radius 1 is 1.20 bits per heavy atom. The molecule has 0 atom stereocenters. The van der Waals surface area contributed by atoms with E-state index in [0.717, 1.165) is 30.9 Å². The zero-order valence-electron chi connectivity index (χ0n) is 11.6. The Morgan fingerprint density at radius 3 is 2.30 bits per heavy atom. The van der Waals surface area contributed by atoms with Crippen LogP contribution in [0.2, 0.25) is 0 Å². The number of hydrogen-bond acceptors (Lipinski definition) is 5. The van der Waals surface area contributed by atoms with Crippen molar-refractivity contribution < 1.29 is 9.59 Å². The average molecular weight is 296 g/mol. The molecule has 5 N–H and O–H groups in total. The lowest BCUT2D eigenvalue weighted by Gasteiger charge is -2.21. The molecule has 2 heterocycles. The lowest BCUT2D eigenvalue weighted by molar-refractivity contribution is 0.0967. The van der Waals surface area contributed by atoms with E-state index in [2.05, 4.69) is 10.2 Å². The molecular weight excluding hydrogens is 276 g/mol. The predicted octanol–water partition coefficient (Wildman–Crippen LogP) is 1.17. The van der Waals surface area contributed by atoms with E-state index in [0.29, 0.717) is 4.88 Å². The van der Waals surface area contributed by atoms with E-state index >= 15 is 0 Å². The van der Waals surface area contributed by atoms with Crippen molar-refractivity contribution in [3.63, 3.8) is 0 Å². The number of anilines is 2. The summed E-state index contributed by atoms with van der Waals surface area (Å²) in [5, 5.41) is 3.27. The van der Waals surface area contributed by atoms with Gasteiger partial charge in [-0.2, -0.15) is 0 Å². The minimum atomic E-state index is -0.576. The summed E-state index contributed by atoms with van der Waals surface area (Å²) in [6.07, 6.45) is 4.52. The molecule has 2 amide bonds. The number of nitrogen functional groups attached to an aromatic ring is 1. The van der Waals surface area contributed by atoms with Gasteiger partial charge in [-0.25, -0.2) is 0 Å². The van der Waals surface area contributed by atoms with Crippen molar-refractivity contribution in [3.05, 3.63) is 10.4 Å². The Labute approximate surface area is 122 Å². The van der Waals surface area contributed by atoms with Crippen molar-refractivity contribution in [2.24, 2.45) is 5.73 Å². The van der Waals surface area contributed by atoms with Crippen LogP contribution in [0.25, 0.3) is 0 Å². The Kier molecular flexibility index (Phi) is 4.49. The second-order valence-electron chi connectivity index (χ2n) is 4.87. The topological polar surface area (TPSA) is 101 Å². The SMILES string of the molecule is CNC(=O)c1sc(N2CCCCCC2)c(C(N)=O)c1N. The molecule has 0 radical (unpaired) electrons. The molecule has 0 bridgehead atoms. The van der Waals surface area contributed by atoms with Crippen LogP contribution in [0.4, 0.5) is 10.7 Å². The van der Waals surface area contributed by atoms with E-state index in [1.165, 1.54) is 31.2 Å². The van der Waals surface area contributed by atoms with Crippen molar-refractivity contribution in [1.82, 2.24) is 5.32 Å². The highest BCUT2D eigenvalue weighted by Crippen LogP contribution is 2.38. The molecule has 0 aromatic carbocycles. The van der Waals surface area contributed by atoms with Gasteiger partial charge in [0.2, 0.25) is 0 Å². The second-order valence-corrected chi connectivity index (χ2v) is 5.87. The number of amides is 2. The number of nitrogens with one attached hydrogen (secondary N) is 1. The smallest absolute Gasteiger partial charge is 0.263 e. The first-order chi connectivity index (χ1) is 9.56. The van der Waals surface area contributed by atoms with Gasteiger partial charge >= 0.3 is 0 Å². The first-order valence-electron chi connectivity index (χ1n) is 6.75. The molecule has 20 heavy (non-hydrogen) atoms. The van der Waals surface area contributed by atoms with Crippen molar-refractivity contribution >= 4 is 33.8 Å². The van der Waals surface area contributed by atoms with E-state index in [9.17, 15) is 9.59 Å². The molecule has 0 unspecified atom stereocenters. The summed E-state index contributed by atoms with van der Waals surface area (Å²) in [5.74, 6) is -0.857. The third-order valence-corrected chi connectivity index (χ3v) is 4.76. The zero-order valence-corrected chi connectivity index (χ0v) is 12.4. The number of carbonyl (C=O) groups is 2. The molecule has 1 fully saturated rings. The highest BCUT2D eigenvalue weighted by molar-refractivity contribution is 7.19. The second kappa shape index (κ2) is 6.13. The van der Waals surface area contributed by atoms with Crippen LogP contribution in [-0.2, 0) is 0 Å². The number of rotatable bonds is 3. The van der Waals surface area contributed by atoms with Gasteiger partial charge in [0.15, 0.2) is 0 Å². The fourth-order valence-corrected chi connectivity index (χ4v) is 3.67. The molecular formula is C13H20N4O2S. The van der Waals surface area contributed by atoms with Gasteiger partial charge in [0.05, 0.1) is 11.3 Å². The molecule has 110 valence electrons. The number of hydrogen-bond donors (Lipinski definition) is 3. The van der Waals surface area contributed by atoms with Gasteiger partial charge in [0.25, 0.3) is 11.8 Å². The molecule has 1 aromatic rings. The van der Waals surface area contributed by atoms with Gasteiger partial charge in [-0.15, -0.1) is 11.3 Å². The Hall–Kier alpha value is -1.76.